The van der Waals surface area contributed by atoms with Gasteiger partial charge >= 0.3 is 0 Å². The van der Waals surface area contributed by atoms with Gasteiger partial charge in [-0.15, -0.1) is 0 Å². The Morgan fingerprint density at radius 1 is 1.26 bits per heavy atom. The van der Waals surface area contributed by atoms with Gasteiger partial charge in [-0.1, -0.05) is 25.3 Å². The molecular weight excluding hydrogens is 240 g/mol. The van der Waals surface area contributed by atoms with Crippen molar-refractivity contribution in [1.82, 2.24) is 9.88 Å². The Kier molecular flexibility index (Phi) is 5.16. The summed E-state index contributed by atoms with van der Waals surface area (Å²) in [4.78, 5) is 11.5. The number of aliphatic hydroxyl groups excluding tert-OH is 1. The molecule has 1 fully saturated rings. The third kappa shape index (κ3) is 3.91. The molecule has 0 aliphatic heterocycles. The molecule has 1 saturated carbocycles. The van der Waals surface area contributed by atoms with E-state index in [1.807, 2.05) is 12.3 Å². The van der Waals surface area contributed by atoms with Gasteiger partial charge in [0.25, 0.3) is 5.56 Å². The van der Waals surface area contributed by atoms with E-state index in [1.165, 1.54) is 19.3 Å². The molecule has 106 valence electrons. The molecule has 19 heavy (non-hydrogen) atoms. The van der Waals surface area contributed by atoms with Gasteiger partial charge in [0.05, 0.1) is 0 Å². The molecule has 0 aromatic carbocycles. The van der Waals surface area contributed by atoms with Gasteiger partial charge in [-0.05, 0) is 18.9 Å². The fourth-order valence-electron chi connectivity index (χ4n) is 2.89. The van der Waals surface area contributed by atoms with E-state index in [9.17, 15) is 9.90 Å². The van der Waals surface area contributed by atoms with Crippen molar-refractivity contribution in [2.75, 3.05) is 19.7 Å². The highest BCUT2D eigenvalue weighted by molar-refractivity contribution is 4.93. The van der Waals surface area contributed by atoms with Gasteiger partial charge in [0.1, 0.15) is 0 Å². The van der Waals surface area contributed by atoms with Crippen molar-refractivity contribution in [2.24, 2.45) is 5.41 Å². The van der Waals surface area contributed by atoms with Gasteiger partial charge in [0.2, 0.25) is 0 Å². The van der Waals surface area contributed by atoms with Crippen LogP contribution in [0.15, 0.2) is 29.2 Å². The van der Waals surface area contributed by atoms with Crippen molar-refractivity contribution < 1.29 is 5.11 Å². The van der Waals surface area contributed by atoms with Crippen LogP contribution in [0.4, 0.5) is 0 Å². The van der Waals surface area contributed by atoms with E-state index in [4.69, 9.17) is 0 Å². The second kappa shape index (κ2) is 6.87. The van der Waals surface area contributed by atoms with Gasteiger partial charge < -0.3 is 15.0 Å². The van der Waals surface area contributed by atoms with Crippen LogP contribution in [0.3, 0.4) is 0 Å². The van der Waals surface area contributed by atoms with Crippen LogP contribution in [-0.4, -0.2) is 29.4 Å². The largest absolute Gasteiger partial charge is 0.396 e. The summed E-state index contributed by atoms with van der Waals surface area (Å²) >= 11 is 0. The maximum atomic E-state index is 11.5. The predicted molar refractivity (Wildman–Crippen MR) is 76.2 cm³/mol. The average molecular weight is 264 g/mol. The van der Waals surface area contributed by atoms with Crippen LogP contribution in [0.25, 0.3) is 0 Å². The van der Waals surface area contributed by atoms with Gasteiger partial charge in [-0.3, -0.25) is 4.79 Å². The molecule has 1 aromatic rings. The fourth-order valence-corrected chi connectivity index (χ4v) is 2.89. The zero-order valence-electron chi connectivity index (χ0n) is 11.5. The highest BCUT2D eigenvalue weighted by Gasteiger charge is 2.30. The van der Waals surface area contributed by atoms with Crippen molar-refractivity contribution in [3.8, 4) is 0 Å². The Morgan fingerprint density at radius 3 is 2.74 bits per heavy atom. The van der Waals surface area contributed by atoms with Crippen molar-refractivity contribution >= 4 is 0 Å². The third-order valence-corrected chi connectivity index (χ3v) is 4.18. The summed E-state index contributed by atoms with van der Waals surface area (Å²) in [6.07, 6.45) is 7.78. The van der Waals surface area contributed by atoms with Crippen molar-refractivity contribution in [3.05, 3.63) is 34.7 Å². The van der Waals surface area contributed by atoms with Gasteiger partial charge in [-0.25, -0.2) is 0 Å². The quantitative estimate of drug-likeness (QED) is 0.763. The summed E-state index contributed by atoms with van der Waals surface area (Å²) in [5.74, 6) is 0. The van der Waals surface area contributed by atoms with Crippen LogP contribution in [0.1, 0.15) is 32.1 Å². The minimum Gasteiger partial charge on any atom is -0.396 e. The normalized spacial score (nSPS) is 18.4. The Morgan fingerprint density at radius 2 is 2.05 bits per heavy atom. The van der Waals surface area contributed by atoms with Crippen molar-refractivity contribution in [1.29, 1.82) is 0 Å². The monoisotopic (exact) mass is 264 g/mol. The van der Waals surface area contributed by atoms with E-state index in [-0.39, 0.29) is 17.6 Å². The maximum Gasteiger partial charge on any atom is 0.250 e. The minimum atomic E-state index is 0.0406. The first-order valence-electron chi connectivity index (χ1n) is 7.23. The van der Waals surface area contributed by atoms with Crippen LogP contribution < -0.4 is 10.9 Å². The number of pyridine rings is 1. The lowest BCUT2D eigenvalue weighted by Crippen LogP contribution is -2.40. The van der Waals surface area contributed by atoms with E-state index < -0.39 is 0 Å². The molecule has 1 aliphatic carbocycles. The van der Waals surface area contributed by atoms with Gasteiger partial charge in [0, 0.05) is 43.9 Å². The summed E-state index contributed by atoms with van der Waals surface area (Å²) in [6.45, 7) is 2.57. The molecule has 2 rings (SSSR count). The summed E-state index contributed by atoms with van der Waals surface area (Å²) in [5.41, 5.74) is 0.110. The van der Waals surface area contributed by atoms with Crippen LogP contribution >= 0.6 is 0 Å². The maximum absolute atomic E-state index is 11.5. The molecule has 4 nitrogen and oxygen atoms in total. The molecule has 0 saturated heterocycles. The van der Waals surface area contributed by atoms with Crippen LogP contribution in [0, 0.1) is 5.41 Å². The predicted octanol–water partition coefficient (Wildman–Crippen LogP) is 1.38. The molecule has 0 radical (unpaired) electrons. The highest BCUT2D eigenvalue weighted by atomic mass is 16.3. The lowest BCUT2D eigenvalue weighted by Gasteiger charge is -2.35. The summed E-state index contributed by atoms with van der Waals surface area (Å²) < 4.78 is 1.71. The first-order chi connectivity index (χ1) is 9.26. The topological polar surface area (TPSA) is 54.3 Å². The smallest absolute Gasteiger partial charge is 0.250 e. The Hall–Kier alpha value is -1.13. The third-order valence-electron chi connectivity index (χ3n) is 4.18. The number of hydrogen-bond donors (Lipinski definition) is 2. The van der Waals surface area contributed by atoms with E-state index in [0.717, 1.165) is 25.9 Å². The lowest BCUT2D eigenvalue weighted by molar-refractivity contribution is 0.0813. The molecule has 1 aliphatic rings. The van der Waals surface area contributed by atoms with E-state index in [2.05, 4.69) is 5.32 Å². The van der Waals surface area contributed by atoms with E-state index in [0.29, 0.717) is 6.54 Å². The SMILES string of the molecule is O=c1ccccn1CCNCC1(CO)CCCCC1. The first kappa shape index (κ1) is 14.3. The minimum absolute atomic E-state index is 0.0406. The van der Waals surface area contributed by atoms with Gasteiger partial charge in [-0.2, -0.15) is 0 Å². The average Bonchev–Trinajstić information content (AvgIpc) is 2.46. The van der Waals surface area contributed by atoms with Crippen molar-refractivity contribution in [3.63, 3.8) is 0 Å². The molecule has 0 atom stereocenters. The number of nitrogens with one attached hydrogen (secondary N) is 1. The molecule has 0 unspecified atom stereocenters. The summed E-state index contributed by atoms with van der Waals surface area (Å²) in [6, 6.07) is 5.21. The fraction of sp³-hybridized carbons (Fsp3) is 0.667. The van der Waals surface area contributed by atoms with E-state index >= 15 is 0 Å². The number of rotatable bonds is 6. The number of hydrogen-bond acceptors (Lipinski definition) is 3. The molecular formula is C15H24N2O2. The summed E-state index contributed by atoms with van der Waals surface area (Å²) in [5, 5.41) is 13.0. The second-order valence-corrected chi connectivity index (χ2v) is 5.63. The molecule has 4 heteroatoms. The van der Waals surface area contributed by atoms with Crippen LogP contribution in [0.2, 0.25) is 0 Å². The highest BCUT2D eigenvalue weighted by Crippen LogP contribution is 2.35. The molecule has 0 spiro atoms. The lowest BCUT2D eigenvalue weighted by atomic mass is 9.74. The standard InChI is InChI=1S/C15H24N2O2/c18-13-15(7-3-1-4-8-15)12-16-9-11-17-10-5-2-6-14(17)19/h2,5-6,10,16,18H,1,3-4,7-9,11-13H2. The number of nitrogens with zero attached hydrogens (tertiary/aromatic N) is 1. The number of aromatic nitrogens is 1. The Labute approximate surface area is 114 Å². The van der Waals surface area contributed by atoms with Crippen LogP contribution in [-0.2, 0) is 6.54 Å². The van der Waals surface area contributed by atoms with E-state index in [1.54, 1.807) is 16.7 Å². The zero-order valence-corrected chi connectivity index (χ0v) is 11.5. The molecule has 1 aromatic heterocycles. The van der Waals surface area contributed by atoms with Crippen LogP contribution in [0.5, 0.6) is 0 Å². The second-order valence-electron chi connectivity index (χ2n) is 5.63. The van der Waals surface area contributed by atoms with Gasteiger partial charge in [0.15, 0.2) is 0 Å². The molecule has 0 amide bonds. The Balaban J connectivity index is 1.77. The molecule has 2 N–H and O–H groups in total. The Bertz CT molecular complexity index is 436. The number of aliphatic hydroxyl groups is 1. The molecule has 0 bridgehead atoms. The zero-order chi connectivity index (χ0) is 13.6. The first-order valence-corrected chi connectivity index (χ1v) is 7.23. The molecule has 1 heterocycles. The summed E-state index contributed by atoms with van der Waals surface area (Å²) in [7, 11) is 0. The van der Waals surface area contributed by atoms with Crippen molar-refractivity contribution in [2.45, 2.75) is 38.6 Å².